The van der Waals surface area contributed by atoms with Crippen molar-refractivity contribution in [3.8, 4) is 11.5 Å². The van der Waals surface area contributed by atoms with E-state index in [1.807, 2.05) is 31.2 Å². The first-order valence-corrected chi connectivity index (χ1v) is 12.8. The molecule has 5 rings (SSSR count). The first-order chi connectivity index (χ1) is 13.9. The van der Waals surface area contributed by atoms with Gasteiger partial charge in [0.25, 0.3) is 0 Å². The van der Waals surface area contributed by atoms with Gasteiger partial charge >= 0.3 is 5.97 Å². The minimum atomic E-state index is -0.171. The normalized spacial score (nSPS) is 40.3. The van der Waals surface area contributed by atoms with Gasteiger partial charge in [0.2, 0.25) is 0 Å². The Morgan fingerprint density at radius 1 is 1.07 bits per heavy atom. The lowest BCUT2D eigenvalue weighted by molar-refractivity contribution is -0.133. The highest BCUT2D eigenvalue weighted by Gasteiger charge is 2.68. The van der Waals surface area contributed by atoms with E-state index in [1.165, 1.54) is 32.1 Å². The van der Waals surface area contributed by atoms with Crippen molar-refractivity contribution in [2.24, 2.45) is 41.4 Å². The van der Waals surface area contributed by atoms with Crippen molar-refractivity contribution < 1.29 is 14.3 Å². The molecule has 1 aromatic rings. The van der Waals surface area contributed by atoms with Gasteiger partial charge in [0, 0.05) is 5.92 Å². The summed E-state index contributed by atoms with van der Waals surface area (Å²) in [5.41, 5.74) is -0.0238. The van der Waals surface area contributed by atoms with Crippen LogP contribution in [-0.4, -0.2) is 15.5 Å². The largest absolute Gasteiger partial charge is 0.487 e. The maximum absolute atomic E-state index is 12.0. The predicted molar refractivity (Wildman–Crippen MR) is 122 cm³/mol. The molecule has 1 aromatic carbocycles. The number of carbonyl (C=O) groups excluding carboxylic acids is 1. The third kappa shape index (κ3) is 3.14. The first-order valence-electron chi connectivity index (χ1n) is 11.6. The number of hydrogen-bond donors (Lipinski definition) is 0. The number of ether oxygens (including phenoxy) is 2. The fourth-order valence-corrected chi connectivity index (χ4v) is 7.79. The van der Waals surface area contributed by atoms with E-state index in [4.69, 9.17) is 9.47 Å². The summed E-state index contributed by atoms with van der Waals surface area (Å²) in [6.07, 6.45) is 7.82. The second-order valence-electron chi connectivity index (χ2n) is 10.3. The quantitative estimate of drug-likeness (QED) is 0.149. The highest BCUT2D eigenvalue weighted by atomic mass is 127. The SMILES string of the molecule is CCC(I)C(=O)Oc1ccc(OC2(C(C)C)CC3CC2C2C4CCC(C4)C32)cc1. The van der Waals surface area contributed by atoms with Gasteiger partial charge < -0.3 is 9.47 Å². The highest BCUT2D eigenvalue weighted by molar-refractivity contribution is 14.1. The number of fused-ring (bicyclic) bond motifs is 9. The van der Waals surface area contributed by atoms with Crippen LogP contribution in [0.2, 0.25) is 0 Å². The van der Waals surface area contributed by atoms with Gasteiger partial charge in [-0.25, -0.2) is 0 Å². The molecule has 4 fully saturated rings. The van der Waals surface area contributed by atoms with E-state index >= 15 is 0 Å². The van der Waals surface area contributed by atoms with Crippen LogP contribution >= 0.6 is 22.6 Å². The molecule has 8 atom stereocenters. The van der Waals surface area contributed by atoms with Crippen LogP contribution in [0.5, 0.6) is 11.5 Å². The lowest BCUT2D eigenvalue weighted by Gasteiger charge is -2.48. The van der Waals surface area contributed by atoms with Crippen LogP contribution in [0, 0.1) is 41.4 Å². The Morgan fingerprint density at radius 2 is 1.72 bits per heavy atom. The fraction of sp³-hybridized carbons (Fsp3) is 0.720. The fourth-order valence-electron chi connectivity index (χ4n) is 7.66. The second kappa shape index (κ2) is 7.42. The van der Waals surface area contributed by atoms with Crippen LogP contribution in [0.4, 0.5) is 0 Å². The molecule has 4 aliphatic rings. The van der Waals surface area contributed by atoms with Crippen molar-refractivity contribution in [1.29, 1.82) is 0 Å². The zero-order chi connectivity index (χ0) is 20.3. The van der Waals surface area contributed by atoms with Crippen LogP contribution in [0.25, 0.3) is 0 Å². The summed E-state index contributed by atoms with van der Waals surface area (Å²) in [5, 5.41) is 0. The maximum atomic E-state index is 12.0. The molecular weight excluding hydrogens is 475 g/mol. The van der Waals surface area contributed by atoms with Crippen LogP contribution in [-0.2, 0) is 4.79 Å². The molecule has 3 nitrogen and oxygen atoms in total. The van der Waals surface area contributed by atoms with Gasteiger partial charge in [-0.1, -0.05) is 43.4 Å². The number of halogens is 1. The summed E-state index contributed by atoms with van der Waals surface area (Å²) >= 11 is 2.14. The third-order valence-electron chi connectivity index (χ3n) is 8.76. The minimum Gasteiger partial charge on any atom is -0.487 e. The molecule has 0 amide bonds. The predicted octanol–water partition coefficient (Wildman–Crippen LogP) is 6.28. The summed E-state index contributed by atoms with van der Waals surface area (Å²) in [7, 11) is 0. The Kier molecular flexibility index (Phi) is 5.15. The molecular formula is C25H33IO3. The van der Waals surface area contributed by atoms with Gasteiger partial charge in [-0.15, -0.1) is 0 Å². The zero-order valence-corrected chi connectivity index (χ0v) is 19.9. The Labute approximate surface area is 188 Å². The van der Waals surface area contributed by atoms with Crippen LogP contribution < -0.4 is 9.47 Å². The first kappa shape index (κ1) is 20.1. The molecule has 8 unspecified atom stereocenters. The molecule has 4 saturated carbocycles. The van der Waals surface area contributed by atoms with Gasteiger partial charge in [0.05, 0.1) is 0 Å². The van der Waals surface area contributed by atoms with E-state index < -0.39 is 0 Å². The molecule has 0 heterocycles. The number of alkyl halides is 1. The van der Waals surface area contributed by atoms with Crippen molar-refractivity contribution in [2.75, 3.05) is 0 Å². The molecule has 158 valence electrons. The number of rotatable bonds is 6. The van der Waals surface area contributed by atoms with Crippen molar-refractivity contribution >= 4 is 28.6 Å². The molecule has 0 radical (unpaired) electrons. The van der Waals surface area contributed by atoms with Gasteiger partial charge in [-0.3, -0.25) is 4.79 Å². The Balaban J connectivity index is 1.33. The molecule has 0 spiro atoms. The third-order valence-corrected chi connectivity index (χ3v) is 10.2. The van der Waals surface area contributed by atoms with E-state index in [1.54, 1.807) is 0 Å². The molecule has 4 aliphatic carbocycles. The molecule has 4 heteroatoms. The van der Waals surface area contributed by atoms with E-state index in [2.05, 4.69) is 36.4 Å². The molecule has 0 aliphatic heterocycles. The van der Waals surface area contributed by atoms with Crippen LogP contribution in [0.3, 0.4) is 0 Å². The summed E-state index contributed by atoms with van der Waals surface area (Å²) in [6.45, 7) is 6.70. The number of benzene rings is 1. The topological polar surface area (TPSA) is 35.5 Å². The minimum absolute atomic E-state index is 0.0238. The molecule has 0 saturated heterocycles. The highest BCUT2D eigenvalue weighted by Crippen LogP contribution is 2.71. The summed E-state index contributed by atoms with van der Waals surface area (Å²) in [4.78, 5) is 12.0. The number of esters is 1. The van der Waals surface area contributed by atoms with E-state index in [0.29, 0.717) is 11.7 Å². The van der Waals surface area contributed by atoms with Crippen molar-refractivity contribution in [3.63, 3.8) is 0 Å². The van der Waals surface area contributed by atoms with Crippen molar-refractivity contribution in [3.05, 3.63) is 24.3 Å². The monoisotopic (exact) mass is 508 g/mol. The van der Waals surface area contributed by atoms with Gasteiger partial charge in [-0.05, 0) is 98.3 Å². The summed E-state index contributed by atoms with van der Waals surface area (Å²) in [6, 6.07) is 7.75. The molecule has 29 heavy (non-hydrogen) atoms. The molecule has 0 aromatic heterocycles. The second-order valence-corrected chi connectivity index (χ2v) is 11.8. The van der Waals surface area contributed by atoms with E-state index in [-0.39, 0.29) is 15.5 Å². The Bertz CT molecular complexity index is 775. The van der Waals surface area contributed by atoms with Crippen LogP contribution in [0.1, 0.15) is 59.3 Å². The standard InChI is InChI=1S/C25H33IO3/c1-4-21(26)24(27)28-18-7-9-19(10-8-18)29-25(14(2)3)13-17-12-20(25)23-16-6-5-15(11-16)22(17)23/h7-10,14-17,20-23H,4-6,11-13H2,1-3H3. The van der Waals surface area contributed by atoms with E-state index in [9.17, 15) is 4.79 Å². The Morgan fingerprint density at radius 3 is 2.38 bits per heavy atom. The lowest BCUT2D eigenvalue weighted by atomic mass is 9.63. The lowest BCUT2D eigenvalue weighted by Crippen LogP contribution is -2.52. The zero-order valence-electron chi connectivity index (χ0n) is 17.8. The smallest absolute Gasteiger partial charge is 0.324 e. The van der Waals surface area contributed by atoms with E-state index in [0.717, 1.165) is 47.7 Å². The van der Waals surface area contributed by atoms with Crippen molar-refractivity contribution in [2.45, 2.75) is 68.8 Å². The summed E-state index contributed by atoms with van der Waals surface area (Å²) in [5.74, 6) is 7.35. The maximum Gasteiger partial charge on any atom is 0.324 e. The van der Waals surface area contributed by atoms with Gasteiger partial charge in [0.1, 0.15) is 21.0 Å². The summed E-state index contributed by atoms with van der Waals surface area (Å²) < 4.78 is 12.3. The average Bonchev–Trinajstić information content (AvgIpc) is 3.47. The van der Waals surface area contributed by atoms with Crippen LogP contribution in [0.15, 0.2) is 24.3 Å². The molecule has 0 N–H and O–H groups in total. The van der Waals surface area contributed by atoms with Gasteiger partial charge in [-0.2, -0.15) is 0 Å². The number of hydrogen-bond acceptors (Lipinski definition) is 3. The number of carbonyl (C=O) groups is 1. The van der Waals surface area contributed by atoms with Gasteiger partial charge in [0.15, 0.2) is 0 Å². The molecule has 4 bridgehead atoms. The Hall–Kier alpha value is -0.780. The average molecular weight is 508 g/mol. The van der Waals surface area contributed by atoms with Crippen molar-refractivity contribution in [1.82, 2.24) is 0 Å².